The third-order valence-electron chi connectivity index (χ3n) is 5.32. The van der Waals surface area contributed by atoms with Gasteiger partial charge in [-0.05, 0) is 62.7 Å². The van der Waals surface area contributed by atoms with E-state index < -0.39 is 0 Å². The molecule has 2 aromatic carbocycles. The maximum atomic E-state index is 13.0. The van der Waals surface area contributed by atoms with E-state index in [0.29, 0.717) is 36.6 Å². The highest BCUT2D eigenvalue weighted by Gasteiger charge is 2.16. The zero-order valence-electron chi connectivity index (χ0n) is 19.2. The van der Waals surface area contributed by atoms with Gasteiger partial charge in [-0.3, -0.25) is 9.59 Å². The van der Waals surface area contributed by atoms with Crippen molar-refractivity contribution in [3.63, 3.8) is 0 Å². The molecule has 0 aliphatic rings. The molecular formula is C25H29N3O4. The van der Waals surface area contributed by atoms with Crippen molar-refractivity contribution in [2.45, 2.75) is 33.9 Å². The molecular weight excluding hydrogens is 406 g/mol. The first-order chi connectivity index (χ1) is 15.3. The van der Waals surface area contributed by atoms with Crippen molar-refractivity contribution in [3.05, 3.63) is 82.2 Å². The highest BCUT2D eigenvalue weighted by Crippen LogP contribution is 2.19. The lowest BCUT2D eigenvalue weighted by Gasteiger charge is -2.21. The third-order valence-corrected chi connectivity index (χ3v) is 5.32. The van der Waals surface area contributed by atoms with E-state index in [-0.39, 0.29) is 11.8 Å². The maximum absolute atomic E-state index is 13.0. The van der Waals surface area contributed by atoms with Crippen LogP contribution in [0.4, 0.5) is 0 Å². The Hall–Kier alpha value is -3.61. The second-order valence-corrected chi connectivity index (χ2v) is 7.83. The maximum Gasteiger partial charge on any atom is 0.254 e. The number of aryl methyl sites for hydroxylation is 2. The Morgan fingerprint density at radius 3 is 2.06 bits per heavy atom. The zero-order valence-corrected chi connectivity index (χ0v) is 19.2. The summed E-state index contributed by atoms with van der Waals surface area (Å²) in [6.45, 7) is 7.08. The van der Waals surface area contributed by atoms with Crippen LogP contribution in [-0.4, -0.2) is 47.4 Å². The lowest BCUT2D eigenvalue weighted by molar-refractivity contribution is 0.0751. The van der Waals surface area contributed by atoms with Gasteiger partial charge in [0.15, 0.2) is 0 Å². The summed E-state index contributed by atoms with van der Waals surface area (Å²) in [5, 5.41) is 3.93. The predicted octanol–water partition coefficient (Wildman–Crippen LogP) is 4.23. The molecule has 7 nitrogen and oxygen atoms in total. The summed E-state index contributed by atoms with van der Waals surface area (Å²) in [4.78, 5) is 28.3. The van der Waals surface area contributed by atoms with Crippen molar-refractivity contribution in [2.75, 3.05) is 20.6 Å². The topological polar surface area (TPSA) is 75.9 Å². The molecule has 3 rings (SSSR count). The predicted molar refractivity (Wildman–Crippen MR) is 122 cm³/mol. The number of rotatable bonds is 8. The number of amides is 2. The van der Waals surface area contributed by atoms with Crippen LogP contribution in [0.1, 0.15) is 50.2 Å². The highest BCUT2D eigenvalue weighted by molar-refractivity contribution is 5.95. The van der Waals surface area contributed by atoms with Crippen LogP contribution < -0.4 is 4.74 Å². The summed E-state index contributed by atoms with van der Waals surface area (Å²) >= 11 is 0. The van der Waals surface area contributed by atoms with Gasteiger partial charge in [-0.15, -0.1) is 0 Å². The first kappa shape index (κ1) is 23.1. The summed E-state index contributed by atoms with van der Waals surface area (Å²) in [7, 11) is 3.45. The molecule has 0 unspecified atom stereocenters. The van der Waals surface area contributed by atoms with E-state index >= 15 is 0 Å². The standard InChI is InChI=1S/C25H29N3O4/c1-6-28(15-19-7-9-20(10-8-19)24(29)27(4)5)25(30)21-11-13-22(14-12-21)31-16-23-17(2)26-32-18(23)3/h7-14H,6,15-16H2,1-5H3. The van der Waals surface area contributed by atoms with Gasteiger partial charge in [0.25, 0.3) is 11.8 Å². The molecule has 0 aliphatic carbocycles. The SMILES string of the molecule is CCN(Cc1ccc(C(=O)N(C)C)cc1)C(=O)c1ccc(OCc2c(C)noc2C)cc1. The summed E-state index contributed by atoms with van der Waals surface area (Å²) in [6, 6.07) is 14.5. The van der Waals surface area contributed by atoms with Crippen LogP contribution in [0.2, 0.25) is 0 Å². The second kappa shape index (κ2) is 10.1. The number of carbonyl (C=O) groups excluding carboxylic acids is 2. The fraction of sp³-hybridized carbons (Fsp3) is 0.320. The number of hydrogen-bond acceptors (Lipinski definition) is 5. The van der Waals surface area contributed by atoms with Crippen LogP contribution in [0.15, 0.2) is 53.1 Å². The van der Waals surface area contributed by atoms with Gasteiger partial charge in [-0.1, -0.05) is 17.3 Å². The monoisotopic (exact) mass is 435 g/mol. The molecule has 0 spiro atoms. The Bertz CT molecular complexity index is 1050. The number of ether oxygens (including phenoxy) is 1. The van der Waals surface area contributed by atoms with Crippen LogP contribution in [0.5, 0.6) is 5.75 Å². The molecule has 1 aromatic heterocycles. The summed E-state index contributed by atoms with van der Waals surface area (Å²) < 4.78 is 11.0. The van der Waals surface area contributed by atoms with Crippen molar-refractivity contribution < 1.29 is 18.8 Å². The van der Waals surface area contributed by atoms with Gasteiger partial charge < -0.3 is 19.1 Å². The summed E-state index contributed by atoms with van der Waals surface area (Å²) in [5.41, 5.74) is 3.93. The molecule has 0 fully saturated rings. The van der Waals surface area contributed by atoms with Gasteiger partial charge in [-0.25, -0.2) is 0 Å². The van der Waals surface area contributed by atoms with Crippen molar-refractivity contribution in [2.24, 2.45) is 0 Å². The van der Waals surface area contributed by atoms with E-state index in [9.17, 15) is 9.59 Å². The first-order valence-corrected chi connectivity index (χ1v) is 10.5. The Morgan fingerprint density at radius 2 is 1.53 bits per heavy atom. The molecule has 0 aliphatic heterocycles. The molecule has 168 valence electrons. The zero-order chi connectivity index (χ0) is 23.3. The largest absolute Gasteiger partial charge is 0.489 e. The van der Waals surface area contributed by atoms with Gasteiger partial charge in [-0.2, -0.15) is 0 Å². The summed E-state index contributed by atoms with van der Waals surface area (Å²) in [6.07, 6.45) is 0. The Balaban J connectivity index is 1.63. The molecule has 3 aromatic rings. The molecule has 0 saturated heterocycles. The number of aromatic nitrogens is 1. The minimum Gasteiger partial charge on any atom is -0.489 e. The van der Waals surface area contributed by atoms with Gasteiger partial charge in [0, 0.05) is 38.3 Å². The Kier molecular flexibility index (Phi) is 7.30. The van der Waals surface area contributed by atoms with Crippen LogP contribution in [-0.2, 0) is 13.2 Å². The van der Waals surface area contributed by atoms with E-state index in [2.05, 4.69) is 5.16 Å². The highest BCUT2D eigenvalue weighted by atomic mass is 16.5. The van der Waals surface area contributed by atoms with E-state index in [4.69, 9.17) is 9.26 Å². The number of carbonyl (C=O) groups is 2. The quantitative estimate of drug-likeness (QED) is 0.529. The second-order valence-electron chi connectivity index (χ2n) is 7.83. The van der Waals surface area contributed by atoms with Crippen LogP contribution in [0.25, 0.3) is 0 Å². The van der Waals surface area contributed by atoms with E-state index in [0.717, 1.165) is 22.6 Å². The molecule has 0 N–H and O–H groups in total. The number of hydrogen-bond donors (Lipinski definition) is 0. The molecule has 0 bridgehead atoms. The number of nitrogens with zero attached hydrogens (tertiary/aromatic N) is 3. The minimum absolute atomic E-state index is 0.0448. The van der Waals surface area contributed by atoms with E-state index in [1.165, 1.54) is 0 Å². The van der Waals surface area contributed by atoms with Crippen molar-refractivity contribution >= 4 is 11.8 Å². The molecule has 32 heavy (non-hydrogen) atoms. The third kappa shape index (κ3) is 5.35. The van der Waals surface area contributed by atoms with Gasteiger partial charge in [0.2, 0.25) is 0 Å². The van der Waals surface area contributed by atoms with Gasteiger partial charge in [0.05, 0.1) is 11.3 Å². The van der Waals surface area contributed by atoms with Crippen LogP contribution in [0, 0.1) is 13.8 Å². The van der Waals surface area contributed by atoms with Crippen LogP contribution >= 0.6 is 0 Å². The van der Waals surface area contributed by atoms with E-state index in [1.807, 2.05) is 32.9 Å². The Labute approximate surface area is 188 Å². The summed E-state index contributed by atoms with van der Waals surface area (Å²) in [5.74, 6) is 1.31. The molecule has 2 amide bonds. The molecule has 0 atom stereocenters. The Morgan fingerprint density at radius 1 is 0.938 bits per heavy atom. The molecule has 0 saturated carbocycles. The smallest absolute Gasteiger partial charge is 0.254 e. The van der Waals surface area contributed by atoms with Gasteiger partial charge in [0.1, 0.15) is 18.1 Å². The lowest BCUT2D eigenvalue weighted by atomic mass is 10.1. The average molecular weight is 436 g/mol. The normalized spacial score (nSPS) is 10.7. The molecule has 0 radical (unpaired) electrons. The van der Waals surface area contributed by atoms with Crippen LogP contribution in [0.3, 0.4) is 0 Å². The lowest BCUT2D eigenvalue weighted by Crippen LogP contribution is -2.30. The van der Waals surface area contributed by atoms with Gasteiger partial charge >= 0.3 is 0 Å². The molecule has 7 heteroatoms. The number of benzene rings is 2. The average Bonchev–Trinajstić information content (AvgIpc) is 3.12. The minimum atomic E-state index is -0.0572. The van der Waals surface area contributed by atoms with Crippen molar-refractivity contribution in [1.82, 2.24) is 15.0 Å². The van der Waals surface area contributed by atoms with E-state index in [1.54, 1.807) is 60.3 Å². The first-order valence-electron chi connectivity index (χ1n) is 10.5. The fourth-order valence-electron chi connectivity index (χ4n) is 3.30. The molecule has 1 heterocycles. The van der Waals surface area contributed by atoms with Crippen molar-refractivity contribution in [3.8, 4) is 5.75 Å². The fourth-order valence-corrected chi connectivity index (χ4v) is 3.30. The van der Waals surface area contributed by atoms with Crippen molar-refractivity contribution in [1.29, 1.82) is 0 Å².